The predicted molar refractivity (Wildman–Crippen MR) is 112 cm³/mol. The summed E-state index contributed by atoms with van der Waals surface area (Å²) in [4.78, 5) is 1.12. The molecule has 3 rings (SSSR count). The molecule has 1 N–H and O–H groups in total. The molecule has 26 heavy (non-hydrogen) atoms. The van der Waals surface area contributed by atoms with Crippen molar-refractivity contribution in [1.29, 1.82) is 0 Å². The molecule has 0 amide bonds. The average molecular weight is 456 g/mol. The van der Waals surface area contributed by atoms with Gasteiger partial charge in [0.15, 0.2) is 0 Å². The van der Waals surface area contributed by atoms with Gasteiger partial charge in [0.05, 0.1) is 12.6 Å². The molecule has 1 aliphatic carbocycles. The van der Waals surface area contributed by atoms with Crippen molar-refractivity contribution in [3.05, 3.63) is 63.1 Å². The van der Waals surface area contributed by atoms with Gasteiger partial charge in [0.1, 0.15) is 4.75 Å². The molecule has 0 aromatic heterocycles. The van der Waals surface area contributed by atoms with Crippen LogP contribution in [0.1, 0.15) is 25.8 Å². The Morgan fingerprint density at radius 1 is 1.38 bits per heavy atom. The number of allylic oxidation sites excluding steroid dienone is 2. The third kappa shape index (κ3) is 3.42. The Kier molecular flexibility index (Phi) is 5.45. The maximum absolute atomic E-state index is 13.3. The average Bonchev–Trinajstić information content (AvgIpc) is 3.01. The summed E-state index contributed by atoms with van der Waals surface area (Å²) >= 11 is 5.15. The van der Waals surface area contributed by atoms with Crippen LogP contribution in [0, 0.1) is 0 Å². The van der Waals surface area contributed by atoms with Gasteiger partial charge in [0, 0.05) is 15.6 Å². The number of β-amino-alcohol motifs (C(OH)–C–C–N with tert-alkyl or cyclic N) is 1. The highest BCUT2D eigenvalue weighted by Gasteiger charge is 2.45. The molecule has 0 saturated carbocycles. The lowest BCUT2D eigenvalue weighted by atomic mass is 9.87. The van der Waals surface area contributed by atoms with Crippen molar-refractivity contribution < 1.29 is 13.5 Å². The summed E-state index contributed by atoms with van der Waals surface area (Å²) in [6.07, 6.45) is 6.50. The third-order valence-corrected chi connectivity index (χ3v) is 8.60. The van der Waals surface area contributed by atoms with Crippen molar-refractivity contribution in [1.82, 2.24) is 4.31 Å². The lowest BCUT2D eigenvalue weighted by molar-refractivity contribution is 0.217. The highest BCUT2D eigenvalue weighted by molar-refractivity contribution is 9.10. The second-order valence-electron chi connectivity index (χ2n) is 6.82. The highest BCUT2D eigenvalue weighted by atomic mass is 79.9. The number of hydrogen-bond donors (Lipinski definition) is 1. The monoisotopic (exact) mass is 455 g/mol. The number of aliphatic hydroxyl groups excluding tert-OH is 1. The van der Waals surface area contributed by atoms with E-state index in [2.05, 4.69) is 15.9 Å². The Labute approximate surface area is 167 Å². The van der Waals surface area contributed by atoms with E-state index in [0.29, 0.717) is 6.42 Å². The van der Waals surface area contributed by atoms with Gasteiger partial charge in [0.2, 0.25) is 10.0 Å². The van der Waals surface area contributed by atoms with Crippen LogP contribution < -0.4 is 0 Å². The Balaban J connectivity index is 2.07. The predicted octanol–water partition coefficient (Wildman–Crippen LogP) is 4.15. The van der Waals surface area contributed by atoms with Gasteiger partial charge in [-0.05, 0) is 61.4 Å². The minimum Gasteiger partial charge on any atom is -0.387 e. The second kappa shape index (κ2) is 7.19. The molecule has 140 valence electrons. The van der Waals surface area contributed by atoms with Crippen molar-refractivity contribution in [2.24, 2.45) is 0 Å². The van der Waals surface area contributed by atoms with E-state index in [1.54, 1.807) is 18.7 Å². The first-order valence-electron chi connectivity index (χ1n) is 8.28. The standard InChI is InChI=1S/C19H22BrNO3S2/c1-13-10-19(2,26(23,24)21-8-7-16(22)12-21)11-17(18(13)25-3)14-5-4-6-15(20)9-14/h4-10,16,22H,11-12H2,1-3H3. The van der Waals surface area contributed by atoms with E-state index in [1.165, 1.54) is 16.6 Å². The van der Waals surface area contributed by atoms with Gasteiger partial charge >= 0.3 is 0 Å². The van der Waals surface area contributed by atoms with Gasteiger partial charge in [0.25, 0.3) is 0 Å². The van der Waals surface area contributed by atoms with Crippen LogP contribution in [0.3, 0.4) is 0 Å². The van der Waals surface area contributed by atoms with Crippen molar-refractivity contribution in [3.63, 3.8) is 0 Å². The summed E-state index contributed by atoms with van der Waals surface area (Å²) in [5.41, 5.74) is 3.02. The van der Waals surface area contributed by atoms with Gasteiger partial charge in [-0.2, -0.15) is 0 Å². The zero-order valence-electron chi connectivity index (χ0n) is 14.9. The number of hydrogen-bond acceptors (Lipinski definition) is 4. The molecule has 0 spiro atoms. The van der Waals surface area contributed by atoms with E-state index in [-0.39, 0.29) is 6.54 Å². The van der Waals surface area contributed by atoms with E-state index in [9.17, 15) is 13.5 Å². The quantitative estimate of drug-likeness (QED) is 0.740. The molecule has 4 nitrogen and oxygen atoms in total. The van der Waals surface area contributed by atoms with E-state index >= 15 is 0 Å². The number of halogens is 1. The first-order valence-corrected chi connectivity index (χ1v) is 11.7. The lowest BCUT2D eigenvalue weighted by Gasteiger charge is -2.36. The van der Waals surface area contributed by atoms with Gasteiger partial charge in [-0.3, -0.25) is 4.31 Å². The van der Waals surface area contributed by atoms with Gasteiger partial charge in [-0.25, -0.2) is 8.42 Å². The van der Waals surface area contributed by atoms with E-state index in [1.807, 2.05) is 43.5 Å². The number of sulfonamides is 1. The van der Waals surface area contributed by atoms with Crippen LogP contribution in [-0.2, 0) is 10.0 Å². The first-order chi connectivity index (χ1) is 12.2. The van der Waals surface area contributed by atoms with E-state index in [0.717, 1.165) is 26.1 Å². The van der Waals surface area contributed by atoms with Crippen LogP contribution in [0.5, 0.6) is 0 Å². The fourth-order valence-corrected chi connectivity index (χ4v) is 6.53. The van der Waals surface area contributed by atoms with Crippen LogP contribution in [0.25, 0.3) is 5.57 Å². The SMILES string of the molecule is CSC1=C(c2cccc(Br)c2)CC(C)(S(=O)(=O)N2C=CC(O)C2)C=C1C. The number of nitrogens with zero attached hydrogens (tertiary/aromatic N) is 1. The second-order valence-corrected chi connectivity index (χ2v) is 10.9. The molecular formula is C19H22BrNO3S2. The zero-order chi connectivity index (χ0) is 19.1. The summed E-state index contributed by atoms with van der Waals surface area (Å²) in [6, 6.07) is 7.96. The maximum Gasteiger partial charge on any atom is 0.244 e. The fraction of sp³-hybridized carbons (Fsp3) is 0.368. The molecular weight excluding hydrogens is 434 g/mol. The molecule has 1 aliphatic heterocycles. The van der Waals surface area contributed by atoms with Crippen LogP contribution in [0.2, 0.25) is 0 Å². The Hall–Kier alpha value is -1.02. The van der Waals surface area contributed by atoms with Gasteiger partial charge < -0.3 is 5.11 Å². The normalized spacial score (nSPS) is 26.4. The van der Waals surface area contributed by atoms with Crippen molar-refractivity contribution in [2.75, 3.05) is 12.8 Å². The summed E-state index contributed by atoms with van der Waals surface area (Å²) in [7, 11) is -3.65. The van der Waals surface area contributed by atoms with Gasteiger partial charge in [-0.15, -0.1) is 11.8 Å². The molecule has 0 saturated heterocycles. The smallest absolute Gasteiger partial charge is 0.244 e. The largest absolute Gasteiger partial charge is 0.387 e. The molecule has 1 aromatic rings. The molecule has 2 unspecified atom stereocenters. The number of rotatable bonds is 4. The first kappa shape index (κ1) is 19.7. The molecule has 1 aromatic carbocycles. The molecule has 0 radical (unpaired) electrons. The molecule has 2 atom stereocenters. The molecule has 0 bridgehead atoms. The summed E-state index contributed by atoms with van der Waals surface area (Å²) in [5, 5.41) is 9.71. The van der Waals surface area contributed by atoms with Crippen LogP contribution in [0.15, 0.2) is 57.6 Å². The molecule has 7 heteroatoms. The lowest BCUT2D eigenvalue weighted by Crippen LogP contribution is -2.44. The number of thioether (sulfide) groups is 1. The molecule has 0 fully saturated rings. The van der Waals surface area contributed by atoms with Crippen LogP contribution in [0.4, 0.5) is 0 Å². The fourth-order valence-electron chi connectivity index (χ4n) is 3.55. The van der Waals surface area contributed by atoms with Crippen molar-refractivity contribution in [3.8, 4) is 0 Å². The number of benzene rings is 1. The summed E-state index contributed by atoms with van der Waals surface area (Å²) < 4.78 is 27.8. The molecule has 1 heterocycles. The Morgan fingerprint density at radius 2 is 2.12 bits per heavy atom. The maximum atomic E-state index is 13.3. The topological polar surface area (TPSA) is 57.6 Å². The van der Waals surface area contributed by atoms with Crippen LogP contribution >= 0.6 is 27.7 Å². The van der Waals surface area contributed by atoms with Crippen LogP contribution in [-0.4, -0.2) is 41.5 Å². The van der Waals surface area contributed by atoms with Crippen molar-refractivity contribution in [2.45, 2.75) is 31.1 Å². The van der Waals surface area contributed by atoms with E-state index in [4.69, 9.17) is 0 Å². The van der Waals surface area contributed by atoms with Gasteiger partial charge in [-0.1, -0.05) is 34.1 Å². The Bertz CT molecular complexity index is 920. The summed E-state index contributed by atoms with van der Waals surface area (Å²) in [5.74, 6) is 0. The minimum absolute atomic E-state index is 0.0795. The van der Waals surface area contributed by atoms with Crippen molar-refractivity contribution >= 4 is 43.3 Å². The number of aliphatic hydroxyl groups is 1. The highest BCUT2D eigenvalue weighted by Crippen LogP contribution is 2.45. The van der Waals surface area contributed by atoms with E-state index < -0.39 is 20.9 Å². The third-order valence-electron chi connectivity index (χ3n) is 4.80. The molecule has 2 aliphatic rings. The zero-order valence-corrected chi connectivity index (χ0v) is 18.2. The summed E-state index contributed by atoms with van der Waals surface area (Å²) in [6.45, 7) is 3.81. The Morgan fingerprint density at radius 3 is 2.69 bits per heavy atom. The minimum atomic E-state index is -3.65.